The largest absolute Gasteiger partial charge is 0.489 e. The first-order valence-corrected chi connectivity index (χ1v) is 13.3. The summed E-state index contributed by atoms with van der Waals surface area (Å²) >= 11 is 0. The molecule has 2 aromatic carbocycles. The second-order valence-electron chi connectivity index (χ2n) is 11.1. The number of carbonyl (C=O) groups is 1. The van der Waals surface area contributed by atoms with Crippen LogP contribution in [0.15, 0.2) is 24.3 Å². The second-order valence-corrected chi connectivity index (χ2v) is 11.1. The van der Waals surface area contributed by atoms with E-state index in [4.69, 9.17) is 16.2 Å². The van der Waals surface area contributed by atoms with E-state index < -0.39 is 37.0 Å². The lowest BCUT2D eigenvalue weighted by atomic mass is 9.82. The molecule has 0 saturated heterocycles. The van der Waals surface area contributed by atoms with Gasteiger partial charge < -0.3 is 25.8 Å². The smallest absolute Gasteiger partial charge is 0.471 e. The maximum Gasteiger partial charge on any atom is 0.471 e. The Kier molecular flexibility index (Phi) is 9.98. The molecule has 0 spiro atoms. The summed E-state index contributed by atoms with van der Waals surface area (Å²) < 4.78 is 110. The van der Waals surface area contributed by atoms with Gasteiger partial charge in [0.25, 0.3) is 0 Å². The Bertz CT molecular complexity index is 1310. The summed E-state index contributed by atoms with van der Waals surface area (Å²) in [5.74, 6) is -1.75. The van der Waals surface area contributed by atoms with Crippen LogP contribution in [0.25, 0.3) is 0 Å². The molecule has 240 valence electrons. The highest BCUT2D eigenvalue weighted by Gasteiger charge is 2.49. The van der Waals surface area contributed by atoms with Crippen molar-refractivity contribution in [2.45, 2.75) is 77.7 Å². The molecule has 0 saturated carbocycles. The SMILES string of the molecule is CC(C)Oc1cc2c(cc1N)CCN(CC(F)(F)F)C2.CC1(C)c2cc(OC(F)F)c(N)cc2CCN1C(=O)C(F)(F)F. The number of halogens is 8. The normalized spacial score (nSPS) is 16.7. The number of rotatable bonds is 5. The molecule has 0 fully saturated rings. The molecule has 2 aliphatic rings. The van der Waals surface area contributed by atoms with Crippen LogP contribution in [0.5, 0.6) is 11.5 Å². The van der Waals surface area contributed by atoms with Crippen LogP contribution in [0.4, 0.5) is 46.5 Å². The van der Waals surface area contributed by atoms with Crippen molar-refractivity contribution in [1.29, 1.82) is 0 Å². The number of nitrogens with two attached hydrogens (primary N) is 2. The van der Waals surface area contributed by atoms with E-state index in [1.54, 1.807) is 6.07 Å². The molecule has 7 nitrogen and oxygen atoms in total. The van der Waals surface area contributed by atoms with Gasteiger partial charge in [-0.15, -0.1) is 0 Å². The van der Waals surface area contributed by atoms with E-state index in [9.17, 15) is 39.9 Å². The first-order chi connectivity index (χ1) is 19.7. The summed E-state index contributed by atoms with van der Waals surface area (Å²) in [4.78, 5) is 13.7. The summed E-state index contributed by atoms with van der Waals surface area (Å²) in [5, 5.41) is 0. The Hall–Kier alpha value is -3.49. The van der Waals surface area contributed by atoms with Crippen molar-refractivity contribution in [3.63, 3.8) is 0 Å². The second kappa shape index (κ2) is 12.6. The van der Waals surface area contributed by atoms with Gasteiger partial charge in [-0.05, 0) is 87.1 Å². The van der Waals surface area contributed by atoms with E-state index in [0.29, 0.717) is 40.4 Å². The summed E-state index contributed by atoms with van der Waals surface area (Å²) in [5.41, 5.74) is 13.5. The Labute approximate surface area is 243 Å². The number of hydrogen-bond acceptors (Lipinski definition) is 6. The number of hydrogen-bond donors (Lipinski definition) is 2. The number of carbonyl (C=O) groups excluding carboxylic acids is 1. The van der Waals surface area contributed by atoms with Crippen molar-refractivity contribution in [3.8, 4) is 11.5 Å². The van der Waals surface area contributed by atoms with Crippen LogP contribution in [-0.2, 0) is 29.7 Å². The molecule has 0 aromatic heterocycles. The average molecular weight is 627 g/mol. The summed E-state index contributed by atoms with van der Waals surface area (Å²) in [6.07, 6.45) is -8.48. The Morgan fingerprint density at radius 3 is 1.98 bits per heavy atom. The van der Waals surface area contributed by atoms with Crippen molar-refractivity contribution in [3.05, 3.63) is 46.5 Å². The molecule has 2 heterocycles. The molecule has 4 rings (SSSR count). The van der Waals surface area contributed by atoms with Gasteiger partial charge in [0, 0.05) is 19.6 Å². The number of benzene rings is 2. The minimum atomic E-state index is -5.01. The minimum Gasteiger partial charge on any atom is -0.489 e. The Balaban J connectivity index is 0.000000238. The van der Waals surface area contributed by atoms with E-state index >= 15 is 0 Å². The zero-order valence-electron chi connectivity index (χ0n) is 24.0. The molecule has 4 N–H and O–H groups in total. The molecule has 0 bridgehead atoms. The number of ether oxygens (including phenoxy) is 2. The first kappa shape index (κ1) is 34.0. The van der Waals surface area contributed by atoms with Crippen molar-refractivity contribution in [1.82, 2.24) is 9.80 Å². The lowest BCUT2D eigenvalue weighted by Crippen LogP contribution is -2.54. The van der Waals surface area contributed by atoms with Crippen LogP contribution < -0.4 is 20.9 Å². The van der Waals surface area contributed by atoms with Gasteiger partial charge in [0.1, 0.15) is 11.5 Å². The zero-order chi connectivity index (χ0) is 32.5. The Morgan fingerprint density at radius 2 is 1.44 bits per heavy atom. The number of amides is 1. The molecule has 1 amide bonds. The van der Waals surface area contributed by atoms with Gasteiger partial charge in [-0.1, -0.05) is 0 Å². The van der Waals surface area contributed by atoms with Gasteiger partial charge in [0.05, 0.1) is 29.6 Å². The van der Waals surface area contributed by atoms with Gasteiger partial charge in [-0.3, -0.25) is 9.69 Å². The maximum absolute atomic E-state index is 12.7. The van der Waals surface area contributed by atoms with Gasteiger partial charge in [-0.2, -0.15) is 35.1 Å². The fraction of sp³-hybridized carbons (Fsp3) is 0.536. The van der Waals surface area contributed by atoms with Gasteiger partial charge in [0.2, 0.25) is 0 Å². The molecule has 0 radical (unpaired) electrons. The molecule has 2 aromatic rings. The van der Waals surface area contributed by atoms with E-state index in [1.165, 1.54) is 30.9 Å². The van der Waals surface area contributed by atoms with Crippen molar-refractivity contribution in [2.24, 2.45) is 0 Å². The maximum atomic E-state index is 12.7. The molecule has 0 atom stereocenters. The van der Waals surface area contributed by atoms with Crippen LogP contribution in [0.1, 0.15) is 49.9 Å². The van der Waals surface area contributed by atoms with Crippen LogP contribution in [0.3, 0.4) is 0 Å². The van der Waals surface area contributed by atoms with Crippen molar-refractivity contribution < 1.29 is 49.4 Å². The molecular formula is C28H34F8N4O3. The standard InChI is InChI=1S/C14H15F5N2O2.C14H19F3N2O/c1-13(2)8-6-10(23-12(15)16)9(20)5-7(8)3-4-21(13)11(22)14(17,18)19;1-9(2)20-13-6-11-7-19(8-14(15,16)17)4-3-10(11)5-12(13)18/h5-6,12H,3-4,20H2,1-2H3;5-6,9H,3-4,7-8,18H2,1-2H3. The highest BCUT2D eigenvalue weighted by atomic mass is 19.4. The summed E-state index contributed by atoms with van der Waals surface area (Å²) in [6.45, 7) is 3.14. The predicted octanol–water partition coefficient (Wildman–Crippen LogP) is 6.03. The van der Waals surface area contributed by atoms with E-state index in [0.717, 1.165) is 11.1 Å². The third-order valence-electron chi connectivity index (χ3n) is 7.07. The molecular weight excluding hydrogens is 592 g/mol. The number of anilines is 2. The third-order valence-corrected chi connectivity index (χ3v) is 7.07. The molecule has 15 heteroatoms. The number of nitrogen functional groups attached to an aromatic ring is 2. The van der Waals surface area contributed by atoms with Gasteiger partial charge in [-0.25, -0.2) is 0 Å². The third kappa shape index (κ3) is 8.54. The highest BCUT2D eigenvalue weighted by Crippen LogP contribution is 2.41. The number of fused-ring (bicyclic) bond motifs is 2. The topological polar surface area (TPSA) is 94.0 Å². The van der Waals surface area contributed by atoms with Crippen LogP contribution >= 0.6 is 0 Å². The highest BCUT2D eigenvalue weighted by molar-refractivity contribution is 5.83. The molecule has 2 aliphatic heterocycles. The van der Waals surface area contributed by atoms with Crippen molar-refractivity contribution >= 4 is 17.3 Å². The number of nitrogens with zero attached hydrogens (tertiary/aromatic N) is 2. The van der Waals surface area contributed by atoms with E-state index in [2.05, 4.69) is 4.74 Å². The van der Waals surface area contributed by atoms with E-state index in [-0.39, 0.29) is 37.1 Å². The van der Waals surface area contributed by atoms with Crippen molar-refractivity contribution in [2.75, 3.05) is 31.1 Å². The van der Waals surface area contributed by atoms with Gasteiger partial charge >= 0.3 is 24.9 Å². The quantitative estimate of drug-likeness (QED) is 0.311. The lowest BCUT2D eigenvalue weighted by Gasteiger charge is -2.44. The zero-order valence-corrected chi connectivity index (χ0v) is 24.0. The fourth-order valence-corrected chi connectivity index (χ4v) is 5.19. The lowest BCUT2D eigenvalue weighted by molar-refractivity contribution is -0.191. The summed E-state index contributed by atoms with van der Waals surface area (Å²) in [7, 11) is 0. The number of alkyl halides is 8. The Morgan fingerprint density at radius 1 is 0.884 bits per heavy atom. The molecule has 43 heavy (non-hydrogen) atoms. The van der Waals surface area contributed by atoms with Crippen LogP contribution in [-0.4, -0.2) is 60.4 Å². The first-order valence-electron chi connectivity index (χ1n) is 13.3. The van der Waals surface area contributed by atoms with Gasteiger partial charge in [0.15, 0.2) is 0 Å². The molecule has 0 aliphatic carbocycles. The monoisotopic (exact) mass is 626 g/mol. The molecule has 0 unspecified atom stereocenters. The van der Waals surface area contributed by atoms with Crippen LogP contribution in [0, 0.1) is 0 Å². The van der Waals surface area contributed by atoms with Crippen LogP contribution in [0.2, 0.25) is 0 Å². The summed E-state index contributed by atoms with van der Waals surface area (Å²) in [6, 6.07) is 6.15. The fourth-order valence-electron chi connectivity index (χ4n) is 5.19. The predicted molar refractivity (Wildman–Crippen MR) is 144 cm³/mol. The minimum absolute atomic E-state index is 0.0229. The average Bonchev–Trinajstić information content (AvgIpc) is 2.83. The van der Waals surface area contributed by atoms with E-state index in [1.807, 2.05) is 19.9 Å².